The summed E-state index contributed by atoms with van der Waals surface area (Å²) >= 11 is 0.746. The predicted molar refractivity (Wildman–Crippen MR) is 126 cm³/mol. The Bertz CT molecular complexity index is 1140. The smallest absolute Gasteiger partial charge is 0.328 e. The lowest BCUT2D eigenvalue weighted by Crippen LogP contribution is -2.42. The number of nitrogens with zero attached hydrogens (tertiary/aromatic N) is 1. The molecular weight excluding hydrogens is 444 g/mol. The van der Waals surface area contributed by atoms with Crippen LogP contribution in [0.2, 0.25) is 0 Å². The number of benzene rings is 2. The van der Waals surface area contributed by atoms with Gasteiger partial charge in [-0.15, -0.1) is 0 Å². The van der Waals surface area contributed by atoms with Gasteiger partial charge in [0.15, 0.2) is 6.61 Å². The van der Waals surface area contributed by atoms with Crippen LogP contribution < -0.4 is 10.1 Å². The van der Waals surface area contributed by atoms with Gasteiger partial charge in [0.25, 0.3) is 17.1 Å². The Hall–Kier alpha value is -3.59. The normalized spacial score (nSPS) is 15.5. The van der Waals surface area contributed by atoms with E-state index in [0.717, 1.165) is 27.8 Å². The molecule has 3 amide bonds. The Morgan fingerprint density at radius 1 is 1.12 bits per heavy atom. The second-order valence-electron chi connectivity index (χ2n) is 7.46. The summed E-state index contributed by atoms with van der Waals surface area (Å²) in [7, 11) is 1.20. The summed E-state index contributed by atoms with van der Waals surface area (Å²) in [4.78, 5) is 49.9. The molecule has 0 aliphatic carbocycles. The van der Waals surface area contributed by atoms with Gasteiger partial charge < -0.3 is 14.8 Å². The Morgan fingerprint density at radius 2 is 1.88 bits per heavy atom. The molecule has 172 valence electrons. The van der Waals surface area contributed by atoms with Gasteiger partial charge in [-0.3, -0.25) is 19.3 Å². The number of esters is 1. The molecule has 9 heteroatoms. The molecule has 1 atom stereocenters. The van der Waals surface area contributed by atoms with Crippen molar-refractivity contribution in [3.63, 3.8) is 0 Å². The lowest BCUT2D eigenvalue weighted by atomic mass is 10.1. The van der Waals surface area contributed by atoms with Gasteiger partial charge in [-0.05, 0) is 79.6 Å². The molecule has 2 aromatic carbocycles. The molecule has 0 bridgehead atoms. The summed E-state index contributed by atoms with van der Waals surface area (Å²) in [6.45, 7) is 5.21. The first-order chi connectivity index (χ1) is 15.7. The standard InChI is InChI=1S/C24H24N2O6S/c1-14-8-9-18(10-15(14)2)25-21(27)13-32-19-7-5-6-17(11-19)12-20-22(28)26(24(30)33-20)16(3)23(29)31-4/h5-12,16H,13H2,1-4H3,(H,25,27)/b20-12+/t16-/m0/s1. The number of nitrogens with one attached hydrogen (secondary N) is 1. The molecule has 0 spiro atoms. The van der Waals surface area contributed by atoms with Crippen LogP contribution in [0.1, 0.15) is 23.6 Å². The predicted octanol–water partition coefficient (Wildman–Crippen LogP) is 3.92. The van der Waals surface area contributed by atoms with E-state index in [1.54, 1.807) is 24.3 Å². The molecule has 33 heavy (non-hydrogen) atoms. The average Bonchev–Trinajstić information content (AvgIpc) is 3.06. The maximum atomic E-state index is 12.6. The zero-order valence-electron chi connectivity index (χ0n) is 18.7. The maximum Gasteiger partial charge on any atom is 0.328 e. The largest absolute Gasteiger partial charge is 0.484 e. The van der Waals surface area contributed by atoms with Gasteiger partial charge in [-0.1, -0.05) is 18.2 Å². The topological polar surface area (TPSA) is 102 Å². The molecule has 1 fully saturated rings. The fourth-order valence-corrected chi connectivity index (χ4v) is 4.01. The number of ether oxygens (including phenoxy) is 2. The second-order valence-corrected chi connectivity index (χ2v) is 8.45. The third kappa shape index (κ3) is 5.81. The fourth-order valence-electron chi connectivity index (χ4n) is 3.10. The number of amides is 3. The molecule has 1 N–H and O–H groups in total. The third-order valence-corrected chi connectivity index (χ3v) is 5.95. The number of anilines is 1. The Balaban J connectivity index is 1.64. The molecule has 1 aliphatic heterocycles. The summed E-state index contributed by atoms with van der Waals surface area (Å²) in [5.74, 6) is -1.11. The van der Waals surface area contributed by atoms with Crippen LogP contribution >= 0.6 is 11.8 Å². The van der Waals surface area contributed by atoms with Gasteiger partial charge in [0.2, 0.25) is 0 Å². The quantitative estimate of drug-likeness (QED) is 0.485. The molecule has 2 aromatic rings. The molecular formula is C24H24N2O6S. The first-order valence-corrected chi connectivity index (χ1v) is 11.0. The minimum absolute atomic E-state index is 0.181. The van der Waals surface area contributed by atoms with Crippen molar-refractivity contribution in [3.05, 3.63) is 64.1 Å². The summed E-state index contributed by atoms with van der Waals surface area (Å²) < 4.78 is 10.2. The zero-order valence-corrected chi connectivity index (χ0v) is 19.5. The Kier molecular flexibility index (Phi) is 7.55. The van der Waals surface area contributed by atoms with E-state index >= 15 is 0 Å². The SMILES string of the molecule is COC(=O)[C@H](C)N1C(=O)S/C(=C/c2cccc(OCC(=O)Nc3ccc(C)c(C)c3)c2)C1=O. The van der Waals surface area contributed by atoms with Gasteiger partial charge in [-0.2, -0.15) is 0 Å². The highest BCUT2D eigenvalue weighted by Crippen LogP contribution is 2.34. The van der Waals surface area contributed by atoms with E-state index < -0.39 is 23.2 Å². The highest BCUT2D eigenvalue weighted by molar-refractivity contribution is 8.18. The van der Waals surface area contributed by atoms with E-state index in [0.29, 0.717) is 17.0 Å². The van der Waals surface area contributed by atoms with Gasteiger partial charge in [0, 0.05) is 5.69 Å². The first kappa shape index (κ1) is 24.1. The van der Waals surface area contributed by atoms with Crippen molar-refractivity contribution in [1.29, 1.82) is 0 Å². The number of hydrogen-bond donors (Lipinski definition) is 1. The summed E-state index contributed by atoms with van der Waals surface area (Å²) in [6.07, 6.45) is 1.54. The fraction of sp³-hybridized carbons (Fsp3) is 0.250. The highest BCUT2D eigenvalue weighted by Gasteiger charge is 2.41. The van der Waals surface area contributed by atoms with Gasteiger partial charge in [0.05, 0.1) is 12.0 Å². The molecule has 0 aromatic heterocycles. The molecule has 3 rings (SSSR count). The molecule has 1 aliphatic rings. The van der Waals surface area contributed by atoms with Crippen molar-refractivity contribution >= 4 is 46.5 Å². The van der Waals surface area contributed by atoms with Crippen LogP contribution in [0.25, 0.3) is 6.08 Å². The summed E-state index contributed by atoms with van der Waals surface area (Å²) in [5.41, 5.74) is 3.51. The van der Waals surface area contributed by atoms with Crippen molar-refractivity contribution in [3.8, 4) is 5.75 Å². The summed E-state index contributed by atoms with van der Waals surface area (Å²) in [5, 5.41) is 2.25. The lowest BCUT2D eigenvalue weighted by Gasteiger charge is -2.18. The minimum atomic E-state index is -1.01. The monoisotopic (exact) mass is 468 g/mol. The van der Waals surface area contributed by atoms with Crippen molar-refractivity contribution < 1.29 is 28.7 Å². The maximum absolute atomic E-state index is 12.6. The number of carbonyl (C=O) groups excluding carboxylic acids is 4. The number of aryl methyl sites for hydroxylation is 2. The number of carbonyl (C=O) groups is 4. The van der Waals surface area contributed by atoms with Crippen LogP contribution in [-0.4, -0.2) is 47.7 Å². The number of rotatable bonds is 7. The molecule has 8 nitrogen and oxygen atoms in total. The lowest BCUT2D eigenvalue weighted by molar-refractivity contribution is -0.148. The van der Waals surface area contributed by atoms with E-state index in [1.807, 2.05) is 32.0 Å². The zero-order chi connectivity index (χ0) is 24.1. The van der Waals surface area contributed by atoms with E-state index in [4.69, 9.17) is 4.74 Å². The first-order valence-electron chi connectivity index (χ1n) is 10.1. The number of thioether (sulfide) groups is 1. The Morgan fingerprint density at radius 3 is 2.58 bits per heavy atom. The van der Waals surface area contributed by atoms with Crippen LogP contribution in [0.15, 0.2) is 47.4 Å². The van der Waals surface area contributed by atoms with E-state index in [-0.39, 0.29) is 17.4 Å². The molecule has 0 radical (unpaired) electrons. The van der Waals surface area contributed by atoms with Gasteiger partial charge in [-0.25, -0.2) is 4.79 Å². The van der Waals surface area contributed by atoms with Crippen LogP contribution in [-0.2, 0) is 19.1 Å². The number of imide groups is 1. The summed E-state index contributed by atoms with van der Waals surface area (Å²) in [6, 6.07) is 11.4. The van der Waals surface area contributed by atoms with Crippen molar-refractivity contribution in [2.24, 2.45) is 0 Å². The van der Waals surface area contributed by atoms with E-state index in [2.05, 4.69) is 10.1 Å². The van der Waals surface area contributed by atoms with Crippen molar-refractivity contribution in [2.45, 2.75) is 26.8 Å². The van der Waals surface area contributed by atoms with Crippen LogP contribution in [0.4, 0.5) is 10.5 Å². The van der Waals surface area contributed by atoms with Gasteiger partial charge in [0.1, 0.15) is 11.8 Å². The molecule has 1 saturated heterocycles. The van der Waals surface area contributed by atoms with E-state index in [1.165, 1.54) is 20.1 Å². The van der Waals surface area contributed by atoms with Crippen LogP contribution in [0.5, 0.6) is 5.75 Å². The van der Waals surface area contributed by atoms with E-state index in [9.17, 15) is 19.2 Å². The van der Waals surface area contributed by atoms with Crippen molar-refractivity contribution in [2.75, 3.05) is 19.0 Å². The van der Waals surface area contributed by atoms with Crippen molar-refractivity contribution in [1.82, 2.24) is 4.90 Å². The van der Waals surface area contributed by atoms with Crippen LogP contribution in [0.3, 0.4) is 0 Å². The molecule has 0 unspecified atom stereocenters. The molecule has 0 saturated carbocycles. The van der Waals surface area contributed by atoms with Crippen LogP contribution in [0, 0.1) is 13.8 Å². The molecule has 1 heterocycles. The number of methoxy groups -OCH3 is 1. The average molecular weight is 469 g/mol. The second kappa shape index (κ2) is 10.4. The highest BCUT2D eigenvalue weighted by atomic mass is 32.2. The third-order valence-electron chi connectivity index (χ3n) is 5.07. The minimum Gasteiger partial charge on any atom is -0.484 e. The van der Waals surface area contributed by atoms with Gasteiger partial charge >= 0.3 is 5.97 Å². The Labute approximate surface area is 195 Å². The number of hydrogen-bond acceptors (Lipinski definition) is 7.